The highest BCUT2D eigenvalue weighted by Crippen LogP contribution is 2.37. The Hall–Kier alpha value is -3.68. The number of phenolic OH excluding ortho intramolecular Hbond substituents is 1. The number of amides is 2. The first-order chi connectivity index (χ1) is 19.4. The number of rotatable bonds is 9. The number of carbonyl (C=O) groups excluding carboxylic acids is 2. The summed E-state index contributed by atoms with van der Waals surface area (Å²) >= 11 is 0. The predicted molar refractivity (Wildman–Crippen MR) is 159 cm³/mol. The van der Waals surface area contributed by atoms with Crippen molar-refractivity contribution in [3.05, 3.63) is 95.6 Å². The van der Waals surface area contributed by atoms with Gasteiger partial charge in [0.05, 0.1) is 26.3 Å². The van der Waals surface area contributed by atoms with Crippen molar-refractivity contribution < 1.29 is 14.7 Å². The molecule has 2 heterocycles. The average molecular weight is 542 g/mol. The van der Waals surface area contributed by atoms with E-state index in [2.05, 4.69) is 53.1 Å². The largest absolute Gasteiger partial charge is 0.508 e. The number of likely N-dealkylation sites (tertiary alicyclic amines) is 1. The van der Waals surface area contributed by atoms with Gasteiger partial charge in [-0.3, -0.25) is 19.4 Å². The molecule has 2 aliphatic rings. The average Bonchev–Trinajstić information content (AvgIpc) is 3.35. The number of aromatic hydroxyl groups is 1. The van der Waals surface area contributed by atoms with Crippen molar-refractivity contribution in [1.29, 1.82) is 0 Å². The molecule has 0 bridgehead atoms. The minimum absolute atomic E-state index is 0.0471. The summed E-state index contributed by atoms with van der Waals surface area (Å²) in [4.78, 5) is 27.4. The fourth-order valence-electron chi connectivity index (χ4n) is 6.54. The molecule has 3 aromatic rings. The molecule has 5 rings (SSSR count). The number of quaternary nitrogens is 1. The molecule has 0 aromatic heterocycles. The van der Waals surface area contributed by atoms with Crippen molar-refractivity contribution in [2.45, 2.75) is 44.6 Å². The quantitative estimate of drug-likeness (QED) is 0.346. The molecule has 3 N–H and O–H groups in total. The Balaban J connectivity index is 1.44. The van der Waals surface area contributed by atoms with Crippen molar-refractivity contribution in [1.82, 2.24) is 20.0 Å². The Morgan fingerprint density at radius 2 is 1.65 bits per heavy atom. The Morgan fingerprint density at radius 3 is 2.25 bits per heavy atom. The van der Waals surface area contributed by atoms with Crippen LogP contribution < -0.4 is 15.1 Å². The van der Waals surface area contributed by atoms with Gasteiger partial charge in [-0.25, -0.2) is 0 Å². The van der Waals surface area contributed by atoms with E-state index in [1.165, 1.54) is 5.69 Å². The summed E-state index contributed by atoms with van der Waals surface area (Å²) in [5.41, 5.74) is 3.68. The standard InChI is InChI=1S/C33H40N4O3/c1-3-36(4-2)31(39)26-15-13-25(14-16-26)30(27-9-8-12-29(38)23-27)17-20-37(28-10-6-5-7-11-28)21-18-33(19-22-37)32(40)34-24-35-33/h5-16,23,30,35H,3-4,17-22,24H2,1-2H3,(H-,34,38,40)/p+1. The minimum Gasteiger partial charge on any atom is -0.508 e. The summed E-state index contributed by atoms with van der Waals surface area (Å²) in [7, 11) is 0. The smallest absolute Gasteiger partial charge is 0.253 e. The third-order valence-electron chi connectivity index (χ3n) is 9.08. The van der Waals surface area contributed by atoms with E-state index < -0.39 is 5.54 Å². The van der Waals surface area contributed by atoms with E-state index in [4.69, 9.17) is 0 Å². The van der Waals surface area contributed by atoms with Gasteiger partial charge in [-0.1, -0.05) is 42.5 Å². The molecule has 0 aliphatic carbocycles. The number of hydrogen-bond donors (Lipinski definition) is 3. The van der Waals surface area contributed by atoms with Crippen molar-refractivity contribution in [3.8, 4) is 5.75 Å². The zero-order chi connectivity index (χ0) is 28.2. The molecule has 0 radical (unpaired) electrons. The maximum atomic E-state index is 12.9. The molecule has 7 nitrogen and oxygen atoms in total. The van der Waals surface area contributed by atoms with Crippen LogP contribution in [0.2, 0.25) is 0 Å². The summed E-state index contributed by atoms with van der Waals surface area (Å²) in [5.74, 6) is 0.467. The lowest BCUT2D eigenvalue weighted by molar-refractivity contribution is -0.125. The van der Waals surface area contributed by atoms with E-state index >= 15 is 0 Å². The monoisotopic (exact) mass is 541 g/mol. The maximum absolute atomic E-state index is 12.9. The van der Waals surface area contributed by atoms with Crippen LogP contribution in [0, 0.1) is 0 Å². The number of hydrogen-bond acceptors (Lipinski definition) is 4. The number of benzene rings is 3. The summed E-state index contributed by atoms with van der Waals surface area (Å²) < 4.78 is 0.811. The zero-order valence-corrected chi connectivity index (χ0v) is 23.6. The van der Waals surface area contributed by atoms with Gasteiger partial charge in [0.25, 0.3) is 5.91 Å². The van der Waals surface area contributed by atoms with E-state index in [9.17, 15) is 14.7 Å². The van der Waals surface area contributed by atoms with E-state index in [-0.39, 0.29) is 23.5 Å². The van der Waals surface area contributed by atoms with E-state index in [1.807, 2.05) is 49.1 Å². The van der Waals surface area contributed by atoms with Crippen LogP contribution in [0.25, 0.3) is 0 Å². The summed E-state index contributed by atoms with van der Waals surface area (Å²) in [6.07, 6.45) is 2.42. The number of para-hydroxylation sites is 1. The molecule has 210 valence electrons. The Labute approximate surface area is 237 Å². The van der Waals surface area contributed by atoms with E-state index in [1.54, 1.807) is 6.07 Å². The van der Waals surface area contributed by atoms with Crippen LogP contribution in [0.15, 0.2) is 78.9 Å². The first kappa shape index (κ1) is 27.9. The lowest BCUT2D eigenvalue weighted by Crippen LogP contribution is -2.63. The predicted octanol–water partition coefficient (Wildman–Crippen LogP) is 4.61. The van der Waals surface area contributed by atoms with Gasteiger partial charge in [-0.15, -0.1) is 0 Å². The van der Waals surface area contributed by atoms with E-state index in [0.717, 1.165) is 54.5 Å². The molecule has 1 unspecified atom stereocenters. The van der Waals surface area contributed by atoms with Gasteiger partial charge < -0.3 is 15.3 Å². The molecule has 0 saturated carbocycles. The molecule has 7 heteroatoms. The van der Waals surface area contributed by atoms with Crippen LogP contribution in [0.3, 0.4) is 0 Å². The molecule has 2 amide bonds. The van der Waals surface area contributed by atoms with Gasteiger partial charge in [0.1, 0.15) is 17.0 Å². The van der Waals surface area contributed by atoms with E-state index in [0.29, 0.717) is 25.3 Å². The van der Waals surface area contributed by atoms with Crippen LogP contribution in [0.1, 0.15) is 60.5 Å². The van der Waals surface area contributed by atoms with Crippen LogP contribution in [-0.4, -0.2) is 66.8 Å². The van der Waals surface area contributed by atoms with Crippen molar-refractivity contribution in [3.63, 3.8) is 0 Å². The molecular formula is C33H41N4O3+. The normalized spacial score (nSPS) is 23.1. The first-order valence-electron chi connectivity index (χ1n) is 14.5. The SMILES string of the molecule is CCN(CC)C(=O)c1ccc(C(CC[N+]2(c3ccccc3)CCC3(CC2)NCNC3=O)c2cccc(O)c2)cc1. The maximum Gasteiger partial charge on any atom is 0.253 e. The Morgan fingerprint density at radius 1 is 0.950 bits per heavy atom. The van der Waals surface area contributed by atoms with Crippen molar-refractivity contribution in [2.75, 3.05) is 39.4 Å². The summed E-state index contributed by atoms with van der Waals surface area (Å²) in [5, 5.41) is 16.7. The number of phenols is 1. The number of nitrogens with one attached hydrogen (secondary N) is 2. The highest BCUT2D eigenvalue weighted by molar-refractivity contribution is 5.94. The highest BCUT2D eigenvalue weighted by atomic mass is 16.3. The molecule has 2 aliphatic heterocycles. The van der Waals surface area contributed by atoms with Gasteiger partial charge in [-0.05, 0) is 61.4 Å². The highest BCUT2D eigenvalue weighted by Gasteiger charge is 2.50. The zero-order valence-electron chi connectivity index (χ0n) is 23.6. The lowest BCUT2D eigenvalue weighted by Gasteiger charge is -2.46. The molecule has 1 atom stereocenters. The van der Waals surface area contributed by atoms with Crippen LogP contribution in [0.5, 0.6) is 5.75 Å². The number of piperidine rings is 1. The molecule has 1 spiro atoms. The number of carbonyl (C=O) groups is 2. The fraction of sp³-hybridized carbons (Fsp3) is 0.394. The topological polar surface area (TPSA) is 81.7 Å². The molecular weight excluding hydrogens is 500 g/mol. The van der Waals surface area contributed by atoms with Gasteiger partial charge >= 0.3 is 0 Å². The van der Waals surface area contributed by atoms with Crippen molar-refractivity contribution >= 4 is 17.5 Å². The second-order valence-electron chi connectivity index (χ2n) is 11.1. The Bertz CT molecular complexity index is 1310. The fourth-order valence-corrected chi connectivity index (χ4v) is 6.54. The minimum atomic E-state index is -0.464. The second-order valence-corrected chi connectivity index (χ2v) is 11.1. The Kier molecular flexibility index (Phi) is 8.24. The molecule has 2 fully saturated rings. The van der Waals surface area contributed by atoms with Crippen LogP contribution >= 0.6 is 0 Å². The number of nitrogens with zero attached hydrogens (tertiary/aromatic N) is 2. The molecule has 2 saturated heterocycles. The summed E-state index contributed by atoms with van der Waals surface area (Å²) in [6.45, 7) is 8.52. The third kappa shape index (κ3) is 5.49. The third-order valence-corrected chi connectivity index (χ3v) is 9.08. The second kappa shape index (κ2) is 11.8. The summed E-state index contributed by atoms with van der Waals surface area (Å²) in [6, 6.07) is 26.2. The molecule has 40 heavy (non-hydrogen) atoms. The van der Waals surface area contributed by atoms with Gasteiger partial charge in [0, 0.05) is 43.8 Å². The van der Waals surface area contributed by atoms with Crippen LogP contribution in [-0.2, 0) is 4.79 Å². The van der Waals surface area contributed by atoms with Gasteiger partial charge in [-0.2, -0.15) is 0 Å². The van der Waals surface area contributed by atoms with Gasteiger partial charge in [0.15, 0.2) is 0 Å². The van der Waals surface area contributed by atoms with Crippen molar-refractivity contribution in [2.24, 2.45) is 0 Å². The molecule has 3 aromatic carbocycles. The lowest BCUT2D eigenvalue weighted by atomic mass is 9.84. The first-order valence-corrected chi connectivity index (χ1v) is 14.5. The van der Waals surface area contributed by atoms with Gasteiger partial charge in [0.2, 0.25) is 5.91 Å². The van der Waals surface area contributed by atoms with Crippen LogP contribution in [0.4, 0.5) is 5.69 Å².